The molecule has 0 bridgehead atoms. The summed E-state index contributed by atoms with van der Waals surface area (Å²) in [5, 5.41) is 19.7. The molecule has 4 unspecified atom stereocenters. The van der Waals surface area contributed by atoms with Crippen LogP contribution in [0.5, 0.6) is 5.75 Å². The van der Waals surface area contributed by atoms with E-state index in [2.05, 4.69) is 45.9 Å². The molecule has 1 heterocycles. The van der Waals surface area contributed by atoms with Gasteiger partial charge in [0.1, 0.15) is 12.4 Å². The quantitative estimate of drug-likeness (QED) is 0.568. The van der Waals surface area contributed by atoms with Crippen LogP contribution >= 0.6 is 0 Å². The molecule has 3 heteroatoms. The third-order valence-electron chi connectivity index (χ3n) is 5.80. The summed E-state index contributed by atoms with van der Waals surface area (Å²) >= 11 is 0. The van der Waals surface area contributed by atoms with Crippen LogP contribution in [0.1, 0.15) is 83.9 Å². The average molecular weight is 429 g/mol. The first kappa shape index (κ1) is 27.2. The van der Waals surface area contributed by atoms with Crippen LogP contribution in [0.15, 0.2) is 48.5 Å². The van der Waals surface area contributed by atoms with E-state index in [4.69, 9.17) is 4.74 Å². The second-order valence-corrected chi connectivity index (χ2v) is 8.43. The summed E-state index contributed by atoms with van der Waals surface area (Å²) in [5.74, 6) is 2.45. The maximum atomic E-state index is 9.88. The van der Waals surface area contributed by atoms with Gasteiger partial charge in [-0.05, 0) is 35.4 Å². The van der Waals surface area contributed by atoms with E-state index in [9.17, 15) is 10.2 Å². The second-order valence-electron chi connectivity index (χ2n) is 8.43. The van der Waals surface area contributed by atoms with Gasteiger partial charge in [-0.3, -0.25) is 0 Å². The van der Waals surface area contributed by atoms with Crippen LogP contribution < -0.4 is 4.74 Å². The summed E-state index contributed by atoms with van der Waals surface area (Å²) in [6.45, 7) is 17.0. The number of ether oxygens (including phenoxy) is 1. The fraction of sp³-hybridized carbons (Fsp3) is 0.571. The highest BCUT2D eigenvalue weighted by atomic mass is 16.5. The molecule has 2 N–H and O–H groups in total. The minimum atomic E-state index is -0.370. The molecule has 0 spiro atoms. The zero-order valence-corrected chi connectivity index (χ0v) is 20.8. The zero-order chi connectivity index (χ0) is 23.6. The van der Waals surface area contributed by atoms with Crippen LogP contribution in [-0.2, 0) is 6.42 Å². The number of benzene rings is 2. The van der Waals surface area contributed by atoms with Crippen molar-refractivity contribution in [2.24, 2.45) is 11.8 Å². The highest BCUT2D eigenvalue weighted by Crippen LogP contribution is 2.39. The Morgan fingerprint density at radius 3 is 1.77 bits per heavy atom. The second kappa shape index (κ2) is 13.5. The molecule has 0 radical (unpaired) electrons. The van der Waals surface area contributed by atoms with Gasteiger partial charge in [0.2, 0.25) is 0 Å². The fourth-order valence-corrected chi connectivity index (χ4v) is 4.59. The summed E-state index contributed by atoms with van der Waals surface area (Å²) in [4.78, 5) is 0. The van der Waals surface area contributed by atoms with Crippen molar-refractivity contribution >= 4 is 0 Å². The van der Waals surface area contributed by atoms with Gasteiger partial charge in [0, 0.05) is 17.4 Å². The van der Waals surface area contributed by atoms with Crippen molar-refractivity contribution in [2.45, 2.75) is 85.9 Å². The number of fused-ring (bicyclic) bond motifs is 2. The molecule has 2 aromatic carbocycles. The van der Waals surface area contributed by atoms with Gasteiger partial charge in [-0.1, -0.05) is 97.9 Å². The minimum Gasteiger partial charge on any atom is -0.491 e. The summed E-state index contributed by atoms with van der Waals surface area (Å²) in [6, 6.07) is 16.4. The normalized spacial score (nSPS) is 23.1. The number of aliphatic hydroxyl groups is 2. The lowest BCUT2D eigenvalue weighted by Crippen LogP contribution is -2.33. The van der Waals surface area contributed by atoms with E-state index in [0.717, 1.165) is 17.7 Å². The van der Waals surface area contributed by atoms with Crippen molar-refractivity contribution in [3.63, 3.8) is 0 Å². The molecule has 4 atom stereocenters. The van der Waals surface area contributed by atoms with E-state index in [0.29, 0.717) is 24.4 Å². The summed E-state index contributed by atoms with van der Waals surface area (Å²) in [7, 11) is 0. The summed E-state index contributed by atoms with van der Waals surface area (Å²) in [5.41, 5.74) is 3.82. The van der Waals surface area contributed by atoms with Gasteiger partial charge >= 0.3 is 0 Å². The fourth-order valence-electron chi connectivity index (χ4n) is 4.59. The SMILES string of the molecule is CC.CC.CC(C)C1c2ccccc2CC1O.CC(C)C1c2ccccc2OCC1O. The molecule has 2 aliphatic rings. The number of para-hydroxylation sites is 1. The van der Waals surface area contributed by atoms with Gasteiger partial charge in [-0.2, -0.15) is 0 Å². The largest absolute Gasteiger partial charge is 0.491 e. The predicted octanol–water partition coefficient (Wildman–Crippen LogP) is 6.58. The molecule has 1 aliphatic carbocycles. The molecule has 31 heavy (non-hydrogen) atoms. The van der Waals surface area contributed by atoms with Crippen LogP contribution in [0, 0.1) is 11.8 Å². The lowest BCUT2D eigenvalue weighted by molar-refractivity contribution is 0.0516. The molecule has 4 rings (SSSR count). The number of hydrogen-bond acceptors (Lipinski definition) is 3. The smallest absolute Gasteiger partial charge is 0.123 e. The number of aliphatic hydroxyl groups excluding tert-OH is 2. The van der Waals surface area contributed by atoms with Crippen molar-refractivity contribution in [1.82, 2.24) is 0 Å². The maximum Gasteiger partial charge on any atom is 0.123 e. The molecule has 0 amide bonds. The lowest BCUT2D eigenvalue weighted by atomic mass is 9.82. The van der Waals surface area contributed by atoms with Gasteiger partial charge in [-0.25, -0.2) is 0 Å². The van der Waals surface area contributed by atoms with Crippen LogP contribution in [0.4, 0.5) is 0 Å². The highest BCUT2D eigenvalue weighted by Gasteiger charge is 2.32. The van der Waals surface area contributed by atoms with Crippen LogP contribution in [0.3, 0.4) is 0 Å². The molecule has 0 saturated carbocycles. The molecular formula is C28H44O3. The van der Waals surface area contributed by atoms with Gasteiger partial charge in [-0.15, -0.1) is 0 Å². The Morgan fingerprint density at radius 1 is 0.710 bits per heavy atom. The number of hydrogen-bond donors (Lipinski definition) is 2. The standard InChI is InChI=1S/C12H16O2.C12H16O.2C2H6/c1-8(2)12-9-5-3-4-6-11(9)14-7-10(12)13;1-8(2)12-10-6-4-3-5-9(10)7-11(12)13;2*1-2/h3-6,8,10,12-13H,7H2,1-2H3;3-6,8,11-13H,7H2,1-2H3;2*1-2H3. The van der Waals surface area contributed by atoms with Crippen LogP contribution in [0.2, 0.25) is 0 Å². The van der Waals surface area contributed by atoms with Gasteiger partial charge in [0.15, 0.2) is 0 Å². The topological polar surface area (TPSA) is 49.7 Å². The van der Waals surface area contributed by atoms with Crippen molar-refractivity contribution in [3.8, 4) is 5.75 Å². The van der Waals surface area contributed by atoms with Crippen molar-refractivity contribution in [3.05, 3.63) is 65.2 Å². The molecule has 0 fully saturated rings. The van der Waals surface area contributed by atoms with E-state index in [1.807, 2.05) is 58.0 Å². The van der Waals surface area contributed by atoms with Gasteiger partial charge < -0.3 is 14.9 Å². The summed E-state index contributed by atoms with van der Waals surface area (Å²) in [6.07, 6.45) is 0.293. The molecule has 2 aromatic rings. The van der Waals surface area contributed by atoms with Crippen molar-refractivity contribution in [2.75, 3.05) is 6.61 Å². The third kappa shape index (κ3) is 6.82. The first-order valence-electron chi connectivity index (χ1n) is 12.1. The van der Waals surface area contributed by atoms with E-state index in [1.165, 1.54) is 11.1 Å². The Kier molecular flexibility index (Phi) is 11.9. The Balaban J connectivity index is 0.000000268. The van der Waals surface area contributed by atoms with Crippen LogP contribution in [-0.4, -0.2) is 29.0 Å². The van der Waals surface area contributed by atoms with E-state index in [1.54, 1.807) is 0 Å². The van der Waals surface area contributed by atoms with E-state index in [-0.39, 0.29) is 18.1 Å². The van der Waals surface area contributed by atoms with E-state index >= 15 is 0 Å². The Labute approximate surface area is 190 Å². The molecule has 1 aliphatic heterocycles. The molecule has 0 saturated heterocycles. The predicted molar refractivity (Wildman–Crippen MR) is 132 cm³/mol. The monoisotopic (exact) mass is 428 g/mol. The van der Waals surface area contributed by atoms with Crippen molar-refractivity contribution in [1.29, 1.82) is 0 Å². The average Bonchev–Trinajstić information content (AvgIpc) is 3.12. The minimum absolute atomic E-state index is 0.169. The maximum absolute atomic E-state index is 9.88. The molecule has 174 valence electrons. The third-order valence-corrected chi connectivity index (χ3v) is 5.80. The molecular weight excluding hydrogens is 384 g/mol. The Morgan fingerprint density at radius 2 is 1.19 bits per heavy atom. The van der Waals surface area contributed by atoms with Gasteiger partial charge in [0.25, 0.3) is 0 Å². The molecule has 3 nitrogen and oxygen atoms in total. The lowest BCUT2D eigenvalue weighted by Gasteiger charge is -2.32. The van der Waals surface area contributed by atoms with E-state index < -0.39 is 0 Å². The highest BCUT2D eigenvalue weighted by molar-refractivity contribution is 5.39. The number of rotatable bonds is 2. The first-order chi connectivity index (χ1) is 14.9. The first-order valence-corrected chi connectivity index (χ1v) is 12.1. The molecule has 0 aromatic heterocycles. The Hall–Kier alpha value is -1.84. The van der Waals surface area contributed by atoms with Crippen molar-refractivity contribution < 1.29 is 14.9 Å². The van der Waals surface area contributed by atoms with Gasteiger partial charge in [0.05, 0.1) is 12.2 Å². The van der Waals surface area contributed by atoms with Crippen LogP contribution in [0.25, 0.3) is 0 Å². The Bertz CT molecular complexity index is 753. The zero-order valence-electron chi connectivity index (χ0n) is 20.8. The summed E-state index contributed by atoms with van der Waals surface area (Å²) < 4.78 is 5.47.